The zero-order valence-corrected chi connectivity index (χ0v) is 11.6. The molecule has 0 radical (unpaired) electrons. The molecule has 0 bridgehead atoms. The first kappa shape index (κ1) is 15.8. The average molecular weight is 273 g/mol. The quantitative estimate of drug-likeness (QED) is 0.726. The average Bonchev–Trinajstić information content (AvgIpc) is 2.34. The lowest BCUT2D eigenvalue weighted by atomic mass is 9.85. The van der Waals surface area contributed by atoms with Crippen LogP contribution < -0.4 is 5.48 Å². The molecule has 6 heteroatoms. The fourth-order valence-electron chi connectivity index (χ4n) is 2.28. The number of hydrogen-bond acceptors (Lipinski definition) is 4. The van der Waals surface area contributed by atoms with Gasteiger partial charge in [0.05, 0.1) is 6.10 Å². The zero-order chi connectivity index (χ0) is 14.3. The minimum Gasteiger partial charge on any atom is -0.479 e. The van der Waals surface area contributed by atoms with Gasteiger partial charge in [-0.25, -0.2) is 9.59 Å². The van der Waals surface area contributed by atoms with Gasteiger partial charge in [0.2, 0.25) is 0 Å². The Hall–Kier alpha value is -1.30. The van der Waals surface area contributed by atoms with Crippen LogP contribution in [0.25, 0.3) is 0 Å². The van der Waals surface area contributed by atoms with E-state index in [2.05, 4.69) is 0 Å². The SMILES string of the molecule is CC(C)OC(=O)NO[C@H](CC1CCCCC1)C(=O)O. The van der Waals surface area contributed by atoms with E-state index in [4.69, 9.17) is 14.7 Å². The number of carboxylic acids is 1. The van der Waals surface area contributed by atoms with E-state index in [0.717, 1.165) is 25.7 Å². The van der Waals surface area contributed by atoms with Gasteiger partial charge in [-0.05, 0) is 26.2 Å². The summed E-state index contributed by atoms with van der Waals surface area (Å²) in [5.41, 5.74) is 2.04. The van der Waals surface area contributed by atoms with E-state index < -0.39 is 18.2 Å². The van der Waals surface area contributed by atoms with Crippen LogP contribution in [0.1, 0.15) is 52.4 Å². The maximum absolute atomic E-state index is 11.2. The van der Waals surface area contributed by atoms with Crippen LogP contribution >= 0.6 is 0 Å². The van der Waals surface area contributed by atoms with E-state index in [1.807, 2.05) is 5.48 Å². The Morgan fingerprint density at radius 3 is 2.42 bits per heavy atom. The first-order valence-corrected chi connectivity index (χ1v) is 6.84. The first-order chi connectivity index (χ1) is 8.99. The topological polar surface area (TPSA) is 84.9 Å². The van der Waals surface area contributed by atoms with E-state index in [9.17, 15) is 9.59 Å². The van der Waals surface area contributed by atoms with Crippen LogP contribution in [-0.2, 0) is 14.4 Å². The molecule has 6 nitrogen and oxygen atoms in total. The molecule has 0 aromatic heterocycles. The molecule has 1 aliphatic carbocycles. The summed E-state index contributed by atoms with van der Waals surface area (Å²) < 4.78 is 4.80. The van der Waals surface area contributed by atoms with Crippen molar-refractivity contribution in [2.75, 3.05) is 0 Å². The Morgan fingerprint density at radius 1 is 1.26 bits per heavy atom. The molecule has 110 valence electrons. The van der Waals surface area contributed by atoms with Crippen LogP contribution in [0.2, 0.25) is 0 Å². The summed E-state index contributed by atoms with van der Waals surface area (Å²) in [4.78, 5) is 27.3. The lowest BCUT2D eigenvalue weighted by molar-refractivity contribution is -0.156. The van der Waals surface area contributed by atoms with Crippen molar-refractivity contribution in [3.05, 3.63) is 0 Å². The number of aliphatic carboxylic acids is 1. The lowest BCUT2D eigenvalue weighted by Gasteiger charge is -2.24. The number of ether oxygens (including phenoxy) is 1. The minimum absolute atomic E-state index is 0.273. The van der Waals surface area contributed by atoms with Gasteiger partial charge in [0, 0.05) is 0 Å². The van der Waals surface area contributed by atoms with Crippen molar-refractivity contribution in [2.24, 2.45) is 5.92 Å². The third-order valence-electron chi connectivity index (χ3n) is 3.17. The van der Waals surface area contributed by atoms with E-state index in [-0.39, 0.29) is 6.10 Å². The molecular weight excluding hydrogens is 250 g/mol. The van der Waals surface area contributed by atoms with Crippen LogP contribution in [0.3, 0.4) is 0 Å². The van der Waals surface area contributed by atoms with Gasteiger partial charge in [-0.2, -0.15) is 5.48 Å². The second-order valence-electron chi connectivity index (χ2n) is 5.24. The summed E-state index contributed by atoms with van der Waals surface area (Å²) in [5, 5.41) is 9.08. The van der Waals surface area contributed by atoms with Crippen molar-refractivity contribution in [2.45, 2.75) is 64.6 Å². The van der Waals surface area contributed by atoms with Crippen molar-refractivity contribution in [3.63, 3.8) is 0 Å². The van der Waals surface area contributed by atoms with Crippen molar-refractivity contribution in [1.29, 1.82) is 0 Å². The van der Waals surface area contributed by atoms with Gasteiger partial charge in [-0.1, -0.05) is 32.1 Å². The standard InChI is InChI=1S/C13H23NO5/c1-9(2)18-13(17)14-19-11(12(15)16)8-10-6-4-3-5-7-10/h9-11H,3-8H2,1-2H3,(H,14,17)(H,15,16)/t11-/m1/s1. The molecule has 0 spiro atoms. The zero-order valence-electron chi connectivity index (χ0n) is 11.6. The van der Waals surface area contributed by atoms with Gasteiger partial charge < -0.3 is 9.84 Å². The first-order valence-electron chi connectivity index (χ1n) is 6.84. The third-order valence-corrected chi connectivity index (χ3v) is 3.17. The number of hydroxylamine groups is 1. The highest BCUT2D eigenvalue weighted by Gasteiger charge is 2.26. The number of amides is 1. The van der Waals surface area contributed by atoms with Crippen molar-refractivity contribution < 1.29 is 24.3 Å². The molecule has 1 fully saturated rings. The van der Waals surface area contributed by atoms with E-state index in [1.165, 1.54) is 6.42 Å². The summed E-state index contributed by atoms with van der Waals surface area (Å²) in [6.45, 7) is 3.41. The predicted molar refractivity (Wildman–Crippen MR) is 68.5 cm³/mol. The van der Waals surface area contributed by atoms with Gasteiger partial charge in [0.15, 0.2) is 6.10 Å². The second-order valence-corrected chi connectivity index (χ2v) is 5.24. The largest absolute Gasteiger partial charge is 0.479 e. The monoisotopic (exact) mass is 273 g/mol. The van der Waals surface area contributed by atoms with Crippen LogP contribution in [-0.4, -0.2) is 29.4 Å². The Morgan fingerprint density at radius 2 is 1.89 bits per heavy atom. The highest BCUT2D eigenvalue weighted by atomic mass is 16.7. The number of carbonyl (C=O) groups excluding carboxylic acids is 1. The maximum atomic E-state index is 11.2. The fraction of sp³-hybridized carbons (Fsp3) is 0.846. The molecule has 0 unspecified atom stereocenters. The second kappa shape index (κ2) is 7.99. The minimum atomic E-state index is -1.06. The number of nitrogens with one attached hydrogen (secondary N) is 1. The fourth-order valence-corrected chi connectivity index (χ4v) is 2.28. The number of carboxylic acid groups (broad SMARTS) is 1. The van der Waals surface area contributed by atoms with Gasteiger partial charge in [-0.3, -0.25) is 4.84 Å². The van der Waals surface area contributed by atoms with Gasteiger partial charge in [-0.15, -0.1) is 0 Å². The van der Waals surface area contributed by atoms with Gasteiger partial charge in [0.1, 0.15) is 0 Å². The van der Waals surface area contributed by atoms with Crippen molar-refractivity contribution >= 4 is 12.1 Å². The van der Waals surface area contributed by atoms with E-state index in [0.29, 0.717) is 12.3 Å². The number of carbonyl (C=O) groups is 2. The molecule has 1 atom stereocenters. The predicted octanol–water partition coefficient (Wildman–Crippen LogP) is 2.48. The lowest BCUT2D eigenvalue weighted by Crippen LogP contribution is -2.37. The van der Waals surface area contributed by atoms with Gasteiger partial charge in [0.25, 0.3) is 0 Å². The smallest absolute Gasteiger partial charge is 0.431 e. The molecule has 1 aliphatic rings. The molecule has 1 amide bonds. The highest BCUT2D eigenvalue weighted by Crippen LogP contribution is 2.27. The Bertz CT molecular complexity index is 299. The Balaban J connectivity index is 2.35. The van der Waals surface area contributed by atoms with Crippen LogP contribution in [0.5, 0.6) is 0 Å². The van der Waals surface area contributed by atoms with Crippen LogP contribution in [0.4, 0.5) is 4.79 Å². The van der Waals surface area contributed by atoms with Crippen molar-refractivity contribution in [3.8, 4) is 0 Å². The number of hydrogen-bond donors (Lipinski definition) is 2. The van der Waals surface area contributed by atoms with Gasteiger partial charge >= 0.3 is 12.1 Å². The molecule has 2 N–H and O–H groups in total. The summed E-state index contributed by atoms with van der Waals surface area (Å²) in [5.74, 6) is -0.701. The summed E-state index contributed by atoms with van der Waals surface area (Å²) in [6.07, 6.45) is 3.94. The molecule has 0 aromatic rings. The van der Waals surface area contributed by atoms with E-state index in [1.54, 1.807) is 13.8 Å². The molecule has 1 saturated carbocycles. The molecule has 19 heavy (non-hydrogen) atoms. The molecule has 0 heterocycles. The maximum Gasteiger partial charge on any atom is 0.431 e. The van der Waals surface area contributed by atoms with Crippen molar-refractivity contribution in [1.82, 2.24) is 5.48 Å². The number of rotatable bonds is 6. The molecule has 1 rings (SSSR count). The Labute approximate surface area is 113 Å². The summed E-state index contributed by atoms with van der Waals surface area (Å²) in [7, 11) is 0. The molecule has 0 saturated heterocycles. The molecule has 0 aliphatic heterocycles. The van der Waals surface area contributed by atoms with E-state index >= 15 is 0 Å². The molecular formula is C13H23NO5. The third kappa shape index (κ3) is 6.42. The summed E-state index contributed by atoms with van der Waals surface area (Å²) in [6, 6.07) is 0. The van der Waals surface area contributed by atoms with Crippen LogP contribution in [0, 0.1) is 5.92 Å². The molecule has 0 aromatic carbocycles. The highest BCUT2D eigenvalue weighted by molar-refractivity contribution is 5.73. The summed E-state index contributed by atoms with van der Waals surface area (Å²) >= 11 is 0. The normalized spacial score (nSPS) is 18.1. The Kier molecular flexibility index (Phi) is 6.62. The van der Waals surface area contributed by atoms with Crippen LogP contribution in [0.15, 0.2) is 0 Å².